The van der Waals surface area contributed by atoms with Crippen LogP contribution in [0.3, 0.4) is 0 Å². The topological polar surface area (TPSA) is 32.3 Å². The Morgan fingerprint density at radius 1 is 1.20 bits per heavy atom. The van der Waals surface area contributed by atoms with Crippen LogP contribution >= 0.6 is 23.2 Å². The first-order valence-electron chi connectivity index (χ1n) is 7.14. The normalized spacial score (nSPS) is 26.2. The van der Waals surface area contributed by atoms with Gasteiger partial charge >= 0.3 is 0 Å². The zero-order chi connectivity index (χ0) is 14.1. The molecule has 1 aromatic carbocycles. The maximum Gasteiger partial charge on any atom is 0.240 e. The molecule has 0 saturated carbocycles. The standard InChI is InChI=1S/C15H18Cl2N2O/c16-12-4-3-10(9-13(12)17)11-5-6-18-14(11)15(20)19-7-1-2-8-19/h3-4,9,11,14,18H,1-2,5-8H2/t11-,14?/m1/s1. The lowest BCUT2D eigenvalue weighted by Crippen LogP contribution is -2.44. The summed E-state index contributed by atoms with van der Waals surface area (Å²) >= 11 is 12.1. The van der Waals surface area contributed by atoms with Crippen molar-refractivity contribution in [1.82, 2.24) is 10.2 Å². The third-order valence-corrected chi connectivity index (χ3v) is 5.02. The summed E-state index contributed by atoms with van der Waals surface area (Å²) in [7, 11) is 0. The number of hydrogen-bond acceptors (Lipinski definition) is 2. The van der Waals surface area contributed by atoms with Crippen molar-refractivity contribution in [2.24, 2.45) is 0 Å². The Balaban J connectivity index is 1.80. The van der Waals surface area contributed by atoms with Gasteiger partial charge in [0.1, 0.15) is 0 Å². The molecule has 2 atom stereocenters. The lowest BCUT2D eigenvalue weighted by atomic mass is 9.91. The summed E-state index contributed by atoms with van der Waals surface area (Å²) in [5, 5.41) is 4.47. The fourth-order valence-electron chi connectivity index (χ4n) is 3.20. The molecule has 0 aromatic heterocycles. The molecule has 20 heavy (non-hydrogen) atoms. The second-order valence-corrected chi connectivity index (χ2v) is 6.35. The Hall–Kier alpha value is -0.770. The third-order valence-electron chi connectivity index (χ3n) is 4.28. The SMILES string of the molecule is O=C(C1NCC[C@@H]1c1ccc(Cl)c(Cl)c1)N1CCCC1. The van der Waals surface area contributed by atoms with Crippen LogP contribution in [-0.4, -0.2) is 36.5 Å². The zero-order valence-electron chi connectivity index (χ0n) is 11.2. The Labute approximate surface area is 129 Å². The van der Waals surface area contributed by atoms with Crippen LogP contribution in [0.5, 0.6) is 0 Å². The van der Waals surface area contributed by atoms with E-state index in [1.165, 1.54) is 0 Å². The smallest absolute Gasteiger partial charge is 0.240 e. The number of carbonyl (C=O) groups is 1. The van der Waals surface area contributed by atoms with Crippen LogP contribution in [0.15, 0.2) is 18.2 Å². The van der Waals surface area contributed by atoms with E-state index in [0.29, 0.717) is 10.0 Å². The largest absolute Gasteiger partial charge is 0.341 e. The number of nitrogens with one attached hydrogen (secondary N) is 1. The number of benzene rings is 1. The Morgan fingerprint density at radius 3 is 2.65 bits per heavy atom. The van der Waals surface area contributed by atoms with Gasteiger partial charge in [-0.2, -0.15) is 0 Å². The highest BCUT2D eigenvalue weighted by molar-refractivity contribution is 6.42. The van der Waals surface area contributed by atoms with Crippen LogP contribution in [0, 0.1) is 0 Å². The molecule has 1 aromatic rings. The fraction of sp³-hybridized carbons (Fsp3) is 0.533. The number of nitrogens with zero attached hydrogens (tertiary/aromatic N) is 1. The summed E-state index contributed by atoms with van der Waals surface area (Å²) in [6.45, 7) is 2.66. The molecule has 3 rings (SSSR count). The minimum atomic E-state index is -0.120. The van der Waals surface area contributed by atoms with E-state index in [-0.39, 0.29) is 17.9 Å². The van der Waals surface area contributed by atoms with Gasteiger partial charge < -0.3 is 10.2 Å². The predicted octanol–water partition coefficient (Wildman–Crippen LogP) is 3.06. The summed E-state index contributed by atoms with van der Waals surface area (Å²) in [6, 6.07) is 5.57. The summed E-state index contributed by atoms with van der Waals surface area (Å²) < 4.78 is 0. The van der Waals surface area contributed by atoms with Gasteiger partial charge in [-0.15, -0.1) is 0 Å². The molecule has 108 valence electrons. The average molecular weight is 313 g/mol. The van der Waals surface area contributed by atoms with Gasteiger partial charge in [-0.1, -0.05) is 29.3 Å². The highest BCUT2D eigenvalue weighted by Crippen LogP contribution is 2.33. The maximum atomic E-state index is 12.6. The van der Waals surface area contributed by atoms with Crippen molar-refractivity contribution in [3.8, 4) is 0 Å². The lowest BCUT2D eigenvalue weighted by Gasteiger charge is -2.25. The first-order chi connectivity index (χ1) is 9.66. The molecule has 2 saturated heterocycles. The number of carbonyl (C=O) groups excluding carboxylic acids is 1. The Kier molecular flexibility index (Phi) is 4.20. The van der Waals surface area contributed by atoms with Crippen molar-refractivity contribution in [3.63, 3.8) is 0 Å². The first-order valence-corrected chi connectivity index (χ1v) is 7.89. The highest BCUT2D eigenvalue weighted by Gasteiger charge is 2.36. The fourth-order valence-corrected chi connectivity index (χ4v) is 3.51. The van der Waals surface area contributed by atoms with Crippen LogP contribution < -0.4 is 5.32 Å². The number of amides is 1. The van der Waals surface area contributed by atoms with Gasteiger partial charge in [-0.3, -0.25) is 4.79 Å². The van der Waals surface area contributed by atoms with Gasteiger partial charge in [-0.25, -0.2) is 0 Å². The van der Waals surface area contributed by atoms with Crippen molar-refractivity contribution < 1.29 is 4.79 Å². The average Bonchev–Trinajstić information content (AvgIpc) is 3.11. The second-order valence-electron chi connectivity index (χ2n) is 5.53. The molecule has 3 nitrogen and oxygen atoms in total. The summed E-state index contributed by atoms with van der Waals surface area (Å²) in [6.07, 6.45) is 3.20. The van der Waals surface area contributed by atoms with E-state index in [9.17, 15) is 4.79 Å². The molecular weight excluding hydrogens is 295 g/mol. The number of halogens is 2. The quantitative estimate of drug-likeness (QED) is 0.910. The van der Waals surface area contributed by atoms with Gasteiger partial charge in [0.25, 0.3) is 0 Å². The number of hydrogen-bond donors (Lipinski definition) is 1. The van der Waals surface area contributed by atoms with Gasteiger partial charge in [0, 0.05) is 19.0 Å². The molecule has 0 aliphatic carbocycles. The molecule has 5 heteroatoms. The van der Waals surface area contributed by atoms with E-state index in [2.05, 4.69) is 5.32 Å². The summed E-state index contributed by atoms with van der Waals surface area (Å²) in [5.41, 5.74) is 1.10. The van der Waals surface area contributed by atoms with Crippen LogP contribution in [0.1, 0.15) is 30.7 Å². The van der Waals surface area contributed by atoms with E-state index in [0.717, 1.165) is 44.5 Å². The van der Waals surface area contributed by atoms with Crippen LogP contribution in [0.4, 0.5) is 0 Å². The molecular formula is C15H18Cl2N2O. The van der Waals surface area contributed by atoms with Gasteiger partial charge in [0.05, 0.1) is 16.1 Å². The van der Waals surface area contributed by atoms with E-state index in [1.807, 2.05) is 23.1 Å². The van der Waals surface area contributed by atoms with E-state index in [1.54, 1.807) is 0 Å². The van der Waals surface area contributed by atoms with Crippen molar-refractivity contribution in [2.75, 3.05) is 19.6 Å². The minimum absolute atomic E-state index is 0.120. The number of likely N-dealkylation sites (tertiary alicyclic amines) is 1. The molecule has 1 unspecified atom stereocenters. The third kappa shape index (κ3) is 2.67. The van der Waals surface area contributed by atoms with Gasteiger partial charge in [0.2, 0.25) is 5.91 Å². The lowest BCUT2D eigenvalue weighted by molar-refractivity contribution is -0.132. The molecule has 2 fully saturated rings. The van der Waals surface area contributed by atoms with Crippen LogP contribution in [0.2, 0.25) is 10.0 Å². The highest BCUT2D eigenvalue weighted by atomic mass is 35.5. The Bertz CT molecular complexity index is 515. The molecule has 0 radical (unpaired) electrons. The van der Waals surface area contributed by atoms with Crippen LogP contribution in [0.25, 0.3) is 0 Å². The van der Waals surface area contributed by atoms with E-state index >= 15 is 0 Å². The van der Waals surface area contributed by atoms with Crippen LogP contribution in [-0.2, 0) is 4.79 Å². The minimum Gasteiger partial charge on any atom is -0.341 e. The molecule has 2 aliphatic heterocycles. The van der Waals surface area contributed by atoms with E-state index < -0.39 is 0 Å². The summed E-state index contributed by atoms with van der Waals surface area (Å²) in [4.78, 5) is 14.6. The van der Waals surface area contributed by atoms with Crippen molar-refractivity contribution >= 4 is 29.1 Å². The molecule has 0 spiro atoms. The van der Waals surface area contributed by atoms with Gasteiger partial charge in [0.15, 0.2) is 0 Å². The first kappa shape index (κ1) is 14.2. The maximum absolute atomic E-state index is 12.6. The van der Waals surface area contributed by atoms with Crippen molar-refractivity contribution in [3.05, 3.63) is 33.8 Å². The molecule has 1 N–H and O–H groups in total. The molecule has 2 heterocycles. The molecule has 1 amide bonds. The molecule has 0 bridgehead atoms. The predicted molar refractivity (Wildman–Crippen MR) is 81.4 cm³/mol. The number of rotatable bonds is 2. The second kappa shape index (κ2) is 5.92. The van der Waals surface area contributed by atoms with Crippen molar-refractivity contribution in [2.45, 2.75) is 31.2 Å². The monoisotopic (exact) mass is 312 g/mol. The zero-order valence-corrected chi connectivity index (χ0v) is 12.8. The Morgan fingerprint density at radius 2 is 1.95 bits per heavy atom. The molecule has 2 aliphatic rings. The summed E-state index contributed by atoms with van der Waals surface area (Å²) in [5.74, 6) is 0.425. The van der Waals surface area contributed by atoms with Crippen molar-refractivity contribution in [1.29, 1.82) is 0 Å². The van der Waals surface area contributed by atoms with Gasteiger partial charge in [-0.05, 0) is 43.5 Å². The van der Waals surface area contributed by atoms with E-state index in [4.69, 9.17) is 23.2 Å².